The number of likely N-dealkylation sites (tertiary alicyclic amines) is 1. The van der Waals surface area contributed by atoms with E-state index in [0.29, 0.717) is 13.1 Å². The number of nitrogens with zero attached hydrogens (tertiary/aromatic N) is 3. The molecule has 0 saturated carbocycles. The molecule has 3 heterocycles. The number of piperidine rings is 1. The molecule has 1 atom stereocenters. The SMILES string of the molecule is CC(=O)N1CCC[C@@H](C(=O)NCc2csc(N3CCOCC3)n2)C1. The number of carbonyl (C=O) groups is 2. The Kier molecular flexibility index (Phi) is 5.68. The number of hydrogen-bond donors (Lipinski definition) is 1. The van der Waals surface area contributed by atoms with E-state index in [2.05, 4.69) is 15.2 Å². The Bertz CT molecular complexity index is 586. The highest BCUT2D eigenvalue weighted by Gasteiger charge is 2.27. The molecule has 2 aliphatic rings. The monoisotopic (exact) mass is 352 g/mol. The van der Waals surface area contributed by atoms with Gasteiger partial charge in [0, 0.05) is 38.5 Å². The molecule has 1 aromatic heterocycles. The van der Waals surface area contributed by atoms with Crippen molar-refractivity contribution in [3.8, 4) is 0 Å². The minimum Gasteiger partial charge on any atom is -0.378 e. The first-order chi connectivity index (χ1) is 11.6. The number of hydrogen-bond acceptors (Lipinski definition) is 6. The maximum absolute atomic E-state index is 12.3. The highest BCUT2D eigenvalue weighted by Crippen LogP contribution is 2.22. The summed E-state index contributed by atoms with van der Waals surface area (Å²) in [5.41, 5.74) is 0.883. The molecule has 0 radical (unpaired) electrons. The van der Waals surface area contributed by atoms with E-state index in [0.717, 1.165) is 56.5 Å². The van der Waals surface area contributed by atoms with Gasteiger partial charge in [0.1, 0.15) is 0 Å². The summed E-state index contributed by atoms with van der Waals surface area (Å²) in [5.74, 6) is -0.0518. The molecule has 2 fully saturated rings. The van der Waals surface area contributed by atoms with Crippen molar-refractivity contribution in [1.29, 1.82) is 0 Å². The molecule has 1 N–H and O–H groups in total. The normalized spacial score (nSPS) is 21.6. The first kappa shape index (κ1) is 17.2. The van der Waals surface area contributed by atoms with Gasteiger partial charge in [-0.2, -0.15) is 0 Å². The summed E-state index contributed by atoms with van der Waals surface area (Å²) in [7, 11) is 0. The van der Waals surface area contributed by atoms with Crippen molar-refractivity contribution in [2.45, 2.75) is 26.3 Å². The maximum atomic E-state index is 12.3. The predicted molar refractivity (Wildman–Crippen MR) is 92.0 cm³/mol. The number of rotatable bonds is 4. The van der Waals surface area contributed by atoms with Crippen LogP contribution in [-0.2, 0) is 20.9 Å². The molecule has 24 heavy (non-hydrogen) atoms. The predicted octanol–water partition coefficient (Wildman–Crippen LogP) is 0.854. The van der Waals surface area contributed by atoms with Crippen LogP contribution in [0.3, 0.4) is 0 Å². The van der Waals surface area contributed by atoms with Crippen LogP contribution in [0, 0.1) is 5.92 Å². The molecule has 0 aliphatic carbocycles. The molecular formula is C16H24N4O3S. The minimum atomic E-state index is -0.111. The van der Waals surface area contributed by atoms with E-state index in [1.807, 2.05) is 5.38 Å². The third-order valence-corrected chi connectivity index (χ3v) is 5.45. The van der Waals surface area contributed by atoms with E-state index in [-0.39, 0.29) is 17.7 Å². The van der Waals surface area contributed by atoms with E-state index in [9.17, 15) is 9.59 Å². The van der Waals surface area contributed by atoms with Gasteiger partial charge < -0.3 is 19.9 Å². The minimum absolute atomic E-state index is 0.0156. The number of nitrogens with one attached hydrogen (secondary N) is 1. The van der Waals surface area contributed by atoms with Crippen molar-refractivity contribution in [3.63, 3.8) is 0 Å². The van der Waals surface area contributed by atoms with Gasteiger partial charge in [-0.25, -0.2) is 4.98 Å². The molecule has 8 heteroatoms. The molecule has 0 bridgehead atoms. The molecule has 2 amide bonds. The summed E-state index contributed by atoms with van der Waals surface area (Å²) < 4.78 is 5.35. The Labute approximate surface area is 146 Å². The van der Waals surface area contributed by atoms with E-state index >= 15 is 0 Å². The standard InChI is InChI=1S/C16H24N4O3S/c1-12(21)20-4-2-3-13(10-20)15(22)17-9-14-11-24-16(18-14)19-5-7-23-8-6-19/h11,13H,2-10H2,1H3,(H,17,22)/t13-/m1/s1. The first-order valence-corrected chi connectivity index (χ1v) is 9.32. The fourth-order valence-electron chi connectivity index (χ4n) is 3.08. The molecule has 0 unspecified atom stereocenters. The van der Waals surface area contributed by atoms with Crippen LogP contribution in [-0.4, -0.2) is 61.1 Å². The van der Waals surface area contributed by atoms with Gasteiger partial charge in [-0.05, 0) is 12.8 Å². The summed E-state index contributed by atoms with van der Waals surface area (Å²) in [5, 5.41) is 5.95. The van der Waals surface area contributed by atoms with Crippen molar-refractivity contribution >= 4 is 28.3 Å². The number of aromatic nitrogens is 1. The lowest BCUT2D eigenvalue weighted by molar-refractivity contribution is -0.134. The number of carbonyl (C=O) groups excluding carboxylic acids is 2. The van der Waals surface area contributed by atoms with Crippen molar-refractivity contribution < 1.29 is 14.3 Å². The lowest BCUT2D eigenvalue weighted by atomic mass is 9.97. The van der Waals surface area contributed by atoms with Gasteiger partial charge >= 0.3 is 0 Å². The molecule has 0 aromatic carbocycles. The highest BCUT2D eigenvalue weighted by molar-refractivity contribution is 7.13. The second kappa shape index (κ2) is 7.94. The summed E-state index contributed by atoms with van der Waals surface area (Å²) in [4.78, 5) is 32.4. The Balaban J connectivity index is 1.49. The largest absolute Gasteiger partial charge is 0.378 e. The molecule has 2 saturated heterocycles. The molecule has 3 rings (SSSR count). The van der Waals surface area contributed by atoms with Crippen molar-refractivity contribution in [3.05, 3.63) is 11.1 Å². The molecule has 0 spiro atoms. The number of amides is 2. The summed E-state index contributed by atoms with van der Waals surface area (Å²) in [6.07, 6.45) is 1.72. The molecule has 1 aromatic rings. The molecule has 132 valence electrons. The van der Waals surface area contributed by atoms with E-state index in [1.165, 1.54) is 0 Å². The lowest BCUT2D eigenvalue weighted by Gasteiger charge is -2.31. The Hall–Kier alpha value is -1.67. The Morgan fingerprint density at radius 2 is 2.17 bits per heavy atom. The quantitative estimate of drug-likeness (QED) is 0.870. The van der Waals surface area contributed by atoms with Crippen LogP contribution in [0.25, 0.3) is 0 Å². The van der Waals surface area contributed by atoms with Crippen LogP contribution < -0.4 is 10.2 Å². The van der Waals surface area contributed by atoms with Gasteiger partial charge in [0.05, 0.1) is 31.4 Å². The van der Waals surface area contributed by atoms with Crippen LogP contribution in [0.4, 0.5) is 5.13 Å². The van der Waals surface area contributed by atoms with Crippen molar-refractivity contribution in [1.82, 2.24) is 15.2 Å². The van der Waals surface area contributed by atoms with Crippen molar-refractivity contribution in [2.24, 2.45) is 5.92 Å². The molecular weight excluding hydrogens is 328 g/mol. The number of morpholine rings is 1. The van der Waals surface area contributed by atoms with E-state index in [4.69, 9.17) is 4.74 Å². The van der Waals surface area contributed by atoms with E-state index in [1.54, 1.807) is 23.2 Å². The molecule has 2 aliphatic heterocycles. The first-order valence-electron chi connectivity index (χ1n) is 8.44. The van der Waals surface area contributed by atoms with E-state index < -0.39 is 0 Å². The Morgan fingerprint density at radius 1 is 1.38 bits per heavy atom. The average molecular weight is 352 g/mol. The van der Waals surface area contributed by atoms with Gasteiger partial charge in [0.15, 0.2) is 5.13 Å². The summed E-state index contributed by atoms with van der Waals surface area (Å²) in [6.45, 7) is 6.48. The lowest BCUT2D eigenvalue weighted by Crippen LogP contribution is -2.44. The zero-order valence-electron chi connectivity index (χ0n) is 14.0. The maximum Gasteiger partial charge on any atom is 0.225 e. The number of thiazole rings is 1. The molecule has 7 nitrogen and oxygen atoms in total. The fourth-order valence-corrected chi connectivity index (χ4v) is 3.96. The Morgan fingerprint density at radius 3 is 2.92 bits per heavy atom. The third kappa shape index (κ3) is 4.24. The van der Waals surface area contributed by atoms with Gasteiger partial charge in [0.2, 0.25) is 11.8 Å². The fraction of sp³-hybridized carbons (Fsp3) is 0.688. The zero-order chi connectivity index (χ0) is 16.9. The topological polar surface area (TPSA) is 74.8 Å². The van der Waals surface area contributed by atoms with Crippen LogP contribution >= 0.6 is 11.3 Å². The van der Waals surface area contributed by atoms with Gasteiger partial charge in [0.25, 0.3) is 0 Å². The smallest absolute Gasteiger partial charge is 0.225 e. The van der Waals surface area contributed by atoms with Crippen LogP contribution in [0.15, 0.2) is 5.38 Å². The van der Waals surface area contributed by atoms with Gasteiger partial charge in [-0.15, -0.1) is 11.3 Å². The van der Waals surface area contributed by atoms with Gasteiger partial charge in [-0.1, -0.05) is 0 Å². The summed E-state index contributed by atoms with van der Waals surface area (Å²) >= 11 is 1.60. The number of ether oxygens (including phenoxy) is 1. The third-order valence-electron chi connectivity index (χ3n) is 4.50. The average Bonchev–Trinajstić information content (AvgIpc) is 3.09. The van der Waals surface area contributed by atoms with Gasteiger partial charge in [-0.3, -0.25) is 9.59 Å². The zero-order valence-corrected chi connectivity index (χ0v) is 14.8. The van der Waals surface area contributed by atoms with Crippen molar-refractivity contribution in [2.75, 3.05) is 44.3 Å². The second-order valence-electron chi connectivity index (χ2n) is 6.24. The van der Waals surface area contributed by atoms with Crippen LogP contribution in [0.5, 0.6) is 0 Å². The highest BCUT2D eigenvalue weighted by atomic mass is 32.1. The van der Waals surface area contributed by atoms with Crippen LogP contribution in [0.1, 0.15) is 25.5 Å². The second-order valence-corrected chi connectivity index (χ2v) is 7.08. The number of anilines is 1. The summed E-state index contributed by atoms with van der Waals surface area (Å²) in [6, 6.07) is 0. The van der Waals surface area contributed by atoms with Crippen LogP contribution in [0.2, 0.25) is 0 Å².